The summed E-state index contributed by atoms with van der Waals surface area (Å²) in [5.41, 5.74) is -0.154. The molecule has 0 spiro atoms. The van der Waals surface area contributed by atoms with Crippen LogP contribution in [0.15, 0.2) is 18.3 Å². The SMILES string of the molecule is CCCOc1cccnc1NC1(CO)CC1. The molecule has 1 aliphatic rings. The molecule has 0 unspecified atom stereocenters. The minimum Gasteiger partial charge on any atom is -0.490 e. The Morgan fingerprint density at radius 1 is 1.56 bits per heavy atom. The minimum atomic E-state index is -0.154. The van der Waals surface area contributed by atoms with Gasteiger partial charge in [0.2, 0.25) is 0 Å². The Hall–Kier alpha value is -1.29. The molecule has 0 amide bonds. The van der Waals surface area contributed by atoms with Crippen molar-refractivity contribution in [1.29, 1.82) is 0 Å². The summed E-state index contributed by atoms with van der Waals surface area (Å²) in [5.74, 6) is 1.51. The van der Waals surface area contributed by atoms with Crippen molar-refractivity contribution in [2.75, 3.05) is 18.5 Å². The van der Waals surface area contributed by atoms with E-state index < -0.39 is 0 Å². The molecule has 1 aliphatic carbocycles. The second-order valence-corrected chi connectivity index (χ2v) is 4.26. The van der Waals surface area contributed by atoms with E-state index in [9.17, 15) is 5.11 Å². The van der Waals surface area contributed by atoms with Gasteiger partial charge < -0.3 is 15.2 Å². The number of aliphatic hydroxyl groups is 1. The maximum absolute atomic E-state index is 9.25. The number of hydrogen-bond acceptors (Lipinski definition) is 4. The number of aromatic nitrogens is 1. The van der Waals surface area contributed by atoms with Gasteiger partial charge in [0, 0.05) is 6.20 Å². The molecule has 0 aromatic carbocycles. The van der Waals surface area contributed by atoms with Gasteiger partial charge in [0.1, 0.15) is 0 Å². The van der Waals surface area contributed by atoms with Crippen LogP contribution in [0.4, 0.5) is 5.82 Å². The number of nitrogens with zero attached hydrogens (tertiary/aromatic N) is 1. The van der Waals surface area contributed by atoms with Crippen molar-refractivity contribution in [3.8, 4) is 5.75 Å². The first kappa shape index (κ1) is 11.2. The van der Waals surface area contributed by atoms with E-state index in [0.29, 0.717) is 6.61 Å². The monoisotopic (exact) mass is 222 g/mol. The van der Waals surface area contributed by atoms with Crippen LogP contribution in [0, 0.1) is 0 Å². The molecule has 0 saturated heterocycles. The summed E-state index contributed by atoms with van der Waals surface area (Å²) < 4.78 is 5.60. The average molecular weight is 222 g/mol. The summed E-state index contributed by atoms with van der Waals surface area (Å²) in [5, 5.41) is 12.5. The van der Waals surface area contributed by atoms with Crippen LogP contribution in [0.25, 0.3) is 0 Å². The molecule has 0 bridgehead atoms. The Morgan fingerprint density at radius 2 is 2.38 bits per heavy atom. The van der Waals surface area contributed by atoms with Crippen LogP contribution in [0.5, 0.6) is 5.75 Å². The van der Waals surface area contributed by atoms with Gasteiger partial charge in [-0.2, -0.15) is 0 Å². The van der Waals surface area contributed by atoms with Crippen molar-refractivity contribution < 1.29 is 9.84 Å². The van der Waals surface area contributed by atoms with Crippen molar-refractivity contribution in [2.45, 2.75) is 31.7 Å². The molecule has 1 fully saturated rings. The van der Waals surface area contributed by atoms with E-state index >= 15 is 0 Å². The van der Waals surface area contributed by atoms with Crippen LogP contribution >= 0.6 is 0 Å². The van der Waals surface area contributed by atoms with Crippen molar-refractivity contribution in [1.82, 2.24) is 4.98 Å². The van der Waals surface area contributed by atoms with Gasteiger partial charge >= 0.3 is 0 Å². The molecule has 0 atom stereocenters. The summed E-state index contributed by atoms with van der Waals surface area (Å²) in [6, 6.07) is 3.76. The van der Waals surface area contributed by atoms with Crippen LogP contribution in [0.3, 0.4) is 0 Å². The van der Waals surface area contributed by atoms with Crippen molar-refractivity contribution >= 4 is 5.82 Å². The van der Waals surface area contributed by atoms with Crippen molar-refractivity contribution in [3.63, 3.8) is 0 Å². The topological polar surface area (TPSA) is 54.4 Å². The highest BCUT2D eigenvalue weighted by molar-refractivity contribution is 5.52. The molecule has 0 radical (unpaired) electrons. The first-order chi connectivity index (χ1) is 7.79. The zero-order valence-electron chi connectivity index (χ0n) is 9.57. The lowest BCUT2D eigenvalue weighted by Gasteiger charge is -2.17. The van der Waals surface area contributed by atoms with Crippen molar-refractivity contribution in [3.05, 3.63) is 18.3 Å². The van der Waals surface area contributed by atoms with E-state index in [1.165, 1.54) is 0 Å². The second-order valence-electron chi connectivity index (χ2n) is 4.26. The number of nitrogens with one attached hydrogen (secondary N) is 1. The average Bonchev–Trinajstić information content (AvgIpc) is 3.09. The predicted octanol–water partition coefficient (Wildman–Crippen LogP) is 1.81. The third-order valence-electron chi connectivity index (χ3n) is 2.77. The van der Waals surface area contributed by atoms with Gasteiger partial charge in [-0.1, -0.05) is 6.92 Å². The number of anilines is 1. The van der Waals surface area contributed by atoms with Gasteiger partial charge in [-0.15, -0.1) is 0 Å². The van der Waals surface area contributed by atoms with Crippen LogP contribution in [-0.4, -0.2) is 28.8 Å². The third kappa shape index (κ3) is 2.44. The fourth-order valence-electron chi connectivity index (χ4n) is 1.54. The molecular weight excluding hydrogens is 204 g/mol. The quantitative estimate of drug-likeness (QED) is 0.770. The van der Waals surface area contributed by atoms with Crippen LogP contribution in [0.1, 0.15) is 26.2 Å². The molecule has 4 heteroatoms. The molecule has 2 rings (SSSR count). The molecule has 4 nitrogen and oxygen atoms in total. The lowest BCUT2D eigenvalue weighted by molar-refractivity contribution is 0.265. The maximum Gasteiger partial charge on any atom is 0.169 e. The molecule has 0 aliphatic heterocycles. The molecule has 88 valence electrons. The van der Waals surface area contributed by atoms with Gasteiger partial charge in [0.05, 0.1) is 18.8 Å². The van der Waals surface area contributed by atoms with Crippen LogP contribution in [0.2, 0.25) is 0 Å². The summed E-state index contributed by atoms with van der Waals surface area (Å²) in [6.07, 6.45) is 4.69. The zero-order chi connectivity index (χ0) is 11.4. The number of ether oxygens (including phenoxy) is 1. The fourth-order valence-corrected chi connectivity index (χ4v) is 1.54. The van der Waals surface area contributed by atoms with Gasteiger partial charge in [-0.25, -0.2) is 4.98 Å². The van der Waals surface area contributed by atoms with E-state index in [0.717, 1.165) is 30.8 Å². The standard InChI is InChI=1S/C12H18N2O2/c1-2-8-16-10-4-3-7-13-11(10)14-12(9-15)5-6-12/h3-4,7,15H,2,5-6,8-9H2,1H3,(H,13,14). The Balaban J connectivity index is 2.07. The lowest BCUT2D eigenvalue weighted by atomic mass is 10.3. The smallest absolute Gasteiger partial charge is 0.169 e. The molecular formula is C12H18N2O2. The normalized spacial score (nSPS) is 16.9. The van der Waals surface area contributed by atoms with Gasteiger partial charge in [0.25, 0.3) is 0 Å². The summed E-state index contributed by atoms with van der Waals surface area (Å²) in [6.45, 7) is 2.91. The maximum atomic E-state index is 9.25. The Morgan fingerprint density at radius 3 is 3.00 bits per heavy atom. The Bertz CT molecular complexity index is 351. The van der Waals surface area contributed by atoms with Gasteiger partial charge in [0.15, 0.2) is 11.6 Å². The molecule has 1 heterocycles. The lowest BCUT2D eigenvalue weighted by Crippen LogP contribution is -2.26. The van der Waals surface area contributed by atoms with E-state index in [-0.39, 0.29) is 12.1 Å². The van der Waals surface area contributed by atoms with Gasteiger partial charge in [-0.05, 0) is 31.4 Å². The van der Waals surface area contributed by atoms with Crippen LogP contribution in [-0.2, 0) is 0 Å². The highest BCUT2D eigenvalue weighted by atomic mass is 16.5. The molecule has 1 aromatic rings. The third-order valence-corrected chi connectivity index (χ3v) is 2.77. The number of aliphatic hydroxyl groups excluding tert-OH is 1. The molecule has 16 heavy (non-hydrogen) atoms. The fraction of sp³-hybridized carbons (Fsp3) is 0.583. The molecule has 1 saturated carbocycles. The highest BCUT2D eigenvalue weighted by Crippen LogP contribution is 2.39. The summed E-state index contributed by atoms with van der Waals surface area (Å²) in [4.78, 5) is 4.26. The first-order valence-electron chi connectivity index (χ1n) is 5.76. The second kappa shape index (κ2) is 4.70. The Labute approximate surface area is 95.7 Å². The summed E-state index contributed by atoms with van der Waals surface area (Å²) in [7, 11) is 0. The van der Waals surface area contributed by atoms with Crippen molar-refractivity contribution in [2.24, 2.45) is 0 Å². The predicted molar refractivity (Wildman–Crippen MR) is 62.7 cm³/mol. The summed E-state index contributed by atoms with van der Waals surface area (Å²) >= 11 is 0. The zero-order valence-corrected chi connectivity index (χ0v) is 9.57. The number of rotatable bonds is 6. The highest BCUT2D eigenvalue weighted by Gasteiger charge is 2.42. The minimum absolute atomic E-state index is 0.150. The Kier molecular flexibility index (Phi) is 3.29. The first-order valence-corrected chi connectivity index (χ1v) is 5.76. The largest absolute Gasteiger partial charge is 0.490 e. The molecule has 1 aromatic heterocycles. The van der Waals surface area contributed by atoms with E-state index in [4.69, 9.17) is 4.74 Å². The number of pyridine rings is 1. The number of hydrogen-bond donors (Lipinski definition) is 2. The molecule has 2 N–H and O–H groups in total. The van der Waals surface area contributed by atoms with Gasteiger partial charge in [-0.3, -0.25) is 0 Å². The van der Waals surface area contributed by atoms with E-state index in [1.807, 2.05) is 12.1 Å². The van der Waals surface area contributed by atoms with E-state index in [1.54, 1.807) is 6.20 Å². The van der Waals surface area contributed by atoms with E-state index in [2.05, 4.69) is 17.2 Å². The van der Waals surface area contributed by atoms with Crippen LogP contribution < -0.4 is 10.1 Å².